The Kier molecular flexibility index (Phi) is 9.69. The maximum atomic E-state index is 10.2. The molecule has 0 unspecified atom stereocenters. The van der Waals surface area contributed by atoms with E-state index in [-0.39, 0.29) is 12.2 Å². The predicted molar refractivity (Wildman–Crippen MR) is 53.8 cm³/mol. The summed E-state index contributed by atoms with van der Waals surface area (Å²) in [6.07, 6.45) is 2.62. The van der Waals surface area contributed by atoms with E-state index in [4.69, 9.17) is 5.11 Å². The van der Waals surface area contributed by atoms with E-state index >= 15 is 0 Å². The molecule has 0 aromatic rings. The van der Waals surface area contributed by atoms with Crippen molar-refractivity contribution < 1.29 is 19.4 Å². The zero-order valence-electron chi connectivity index (χ0n) is 8.16. The highest BCUT2D eigenvalue weighted by Crippen LogP contribution is 1.81. The van der Waals surface area contributed by atoms with Gasteiger partial charge in [0.05, 0.1) is 0 Å². The molecule has 0 amide bonds. The van der Waals surface area contributed by atoms with Crippen LogP contribution in [-0.4, -0.2) is 23.7 Å². The second-order valence-corrected chi connectivity index (χ2v) is 2.21. The molecular formula is C10H14O4. The summed E-state index contributed by atoms with van der Waals surface area (Å²) in [5, 5.41) is 7.89. The van der Waals surface area contributed by atoms with Gasteiger partial charge in [-0.3, -0.25) is 0 Å². The summed E-state index contributed by atoms with van der Waals surface area (Å²) < 4.78 is 4.47. The number of rotatable bonds is 4. The first-order valence-electron chi connectivity index (χ1n) is 3.74. The number of carboxylic acids is 1. The summed E-state index contributed by atoms with van der Waals surface area (Å²) in [6, 6.07) is 0. The third-order valence-corrected chi connectivity index (χ3v) is 0.875. The lowest BCUT2D eigenvalue weighted by molar-refractivity contribution is -0.136. The first-order chi connectivity index (χ1) is 6.45. The average molecular weight is 198 g/mol. The van der Waals surface area contributed by atoms with Gasteiger partial charge in [-0.15, -0.1) is 0 Å². The van der Waals surface area contributed by atoms with Crippen molar-refractivity contribution in [1.82, 2.24) is 0 Å². The van der Waals surface area contributed by atoms with Crippen LogP contribution in [0.25, 0.3) is 0 Å². The number of carbonyl (C=O) groups is 2. The van der Waals surface area contributed by atoms with Gasteiger partial charge in [-0.2, -0.15) is 0 Å². The highest BCUT2D eigenvalue weighted by Gasteiger charge is 1.90. The van der Waals surface area contributed by atoms with Gasteiger partial charge in [-0.1, -0.05) is 25.8 Å². The van der Waals surface area contributed by atoms with Crippen LogP contribution in [0.15, 0.2) is 37.5 Å². The van der Waals surface area contributed by atoms with Crippen LogP contribution in [0.4, 0.5) is 0 Å². The third-order valence-electron chi connectivity index (χ3n) is 0.875. The normalized spacial score (nSPS) is 7.50. The van der Waals surface area contributed by atoms with Crippen molar-refractivity contribution in [2.75, 3.05) is 6.61 Å². The molecule has 14 heavy (non-hydrogen) atoms. The molecule has 4 nitrogen and oxygen atoms in total. The molecule has 78 valence electrons. The van der Waals surface area contributed by atoms with E-state index in [1.165, 1.54) is 13.0 Å². The van der Waals surface area contributed by atoms with E-state index < -0.39 is 11.9 Å². The van der Waals surface area contributed by atoms with Crippen molar-refractivity contribution in [2.24, 2.45) is 0 Å². The van der Waals surface area contributed by atoms with E-state index in [0.29, 0.717) is 0 Å². The van der Waals surface area contributed by atoms with Gasteiger partial charge in [-0.25, -0.2) is 9.59 Å². The maximum absolute atomic E-state index is 10.2. The zero-order valence-corrected chi connectivity index (χ0v) is 8.16. The van der Waals surface area contributed by atoms with Crippen molar-refractivity contribution in [1.29, 1.82) is 0 Å². The van der Waals surface area contributed by atoms with Gasteiger partial charge in [-0.05, 0) is 6.92 Å². The molecule has 0 heterocycles. The van der Waals surface area contributed by atoms with Gasteiger partial charge in [0, 0.05) is 11.6 Å². The van der Waals surface area contributed by atoms with Gasteiger partial charge >= 0.3 is 11.9 Å². The van der Waals surface area contributed by atoms with Crippen LogP contribution in [0, 0.1) is 0 Å². The maximum Gasteiger partial charge on any atom is 0.330 e. The highest BCUT2D eigenvalue weighted by atomic mass is 16.5. The molecule has 1 N–H and O–H groups in total. The zero-order chi connectivity index (χ0) is 11.6. The SMILES string of the molecule is C=C(C)C(=O)O.C=CCOC(=O)C=C. The van der Waals surface area contributed by atoms with Crippen LogP contribution < -0.4 is 0 Å². The van der Waals surface area contributed by atoms with E-state index in [9.17, 15) is 9.59 Å². The fourth-order valence-corrected chi connectivity index (χ4v) is 0.200. The summed E-state index contributed by atoms with van der Waals surface area (Å²) in [4.78, 5) is 19.8. The second-order valence-electron chi connectivity index (χ2n) is 2.21. The lowest BCUT2D eigenvalue weighted by atomic mass is 10.4. The lowest BCUT2D eigenvalue weighted by Gasteiger charge is -1.92. The van der Waals surface area contributed by atoms with Crippen molar-refractivity contribution >= 4 is 11.9 Å². The Morgan fingerprint density at radius 3 is 2.07 bits per heavy atom. The number of esters is 1. The van der Waals surface area contributed by atoms with Crippen LogP contribution in [-0.2, 0) is 14.3 Å². The van der Waals surface area contributed by atoms with Crippen molar-refractivity contribution in [3.63, 3.8) is 0 Å². The van der Waals surface area contributed by atoms with E-state index in [2.05, 4.69) is 24.5 Å². The minimum Gasteiger partial charge on any atom is -0.478 e. The molecule has 0 saturated heterocycles. The van der Waals surface area contributed by atoms with Gasteiger partial charge < -0.3 is 9.84 Å². The topological polar surface area (TPSA) is 63.6 Å². The molecule has 0 aromatic heterocycles. The summed E-state index contributed by atoms with van der Waals surface area (Å²) in [5.74, 6) is -1.35. The Labute approximate surface area is 83.2 Å². The molecule has 0 atom stereocenters. The summed E-state index contributed by atoms with van der Waals surface area (Å²) in [5.41, 5.74) is 0.176. The molecule has 0 saturated carbocycles. The number of aliphatic carboxylic acids is 1. The molecule has 0 bridgehead atoms. The second kappa shape index (κ2) is 9.25. The summed E-state index contributed by atoms with van der Waals surface area (Å²) in [6.45, 7) is 11.4. The first-order valence-corrected chi connectivity index (χ1v) is 3.74. The minimum absolute atomic E-state index is 0.176. The molecule has 0 aliphatic heterocycles. The van der Waals surface area contributed by atoms with Crippen molar-refractivity contribution in [3.05, 3.63) is 37.5 Å². The molecule has 0 aliphatic carbocycles. The lowest BCUT2D eigenvalue weighted by Crippen LogP contribution is -1.98. The molecule has 0 rings (SSSR count). The van der Waals surface area contributed by atoms with E-state index in [1.807, 2.05) is 0 Å². The number of ether oxygens (including phenoxy) is 1. The molecule has 0 aromatic carbocycles. The van der Waals surface area contributed by atoms with Gasteiger partial charge in [0.25, 0.3) is 0 Å². The van der Waals surface area contributed by atoms with Crippen LogP contribution >= 0.6 is 0 Å². The number of carbonyl (C=O) groups excluding carboxylic acids is 1. The van der Waals surface area contributed by atoms with Crippen molar-refractivity contribution in [3.8, 4) is 0 Å². The Hall–Kier alpha value is -1.84. The van der Waals surface area contributed by atoms with Crippen LogP contribution in [0.1, 0.15) is 6.92 Å². The van der Waals surface area contributed by atoms with Crippen molar-refractivity contribution in [2.45, 2.75) is 6.92 Å². The molecule has 4 heteroatoms. The Balaban J connectivity index is 0. The fraction of sp³-hybridized carbons (Fsp3) is 0.200. The fourth-order valence-electron chi connectivity index (χ4n) is 0.200. The standard InChI is InChI=1S/C6H8O2.C4H6O2/c1-3-5-8-6(7)4-2;1-3(2)4(5)6/h3-4H,1-2,5H2;1H2,2H3,(H,5,6). The van der Waals surface area contributed by atoms with E-state index in [0.717, 1.165) is 6.08 Å². The largest absolute Gasteiger partial charge is 0.478 e. The smallest absolute Gasteiger partial charge is 0.330 e. The minimum atomic E-state index is -0.935. The molecule has 0 radical (unpaired) electrons. The van der Waals surface area contributed by atoms with Gasteiger partial charge in [0.15, 0.2) is 0 Å². The first kappa shape index (κ1) is 14.7. The molecular weight excluding hydrogens is 184 g/mol. The molecule has 0 fully saturated rings. The molecule has 0 aliphatic rings. The Morgan fingerprint density at radius 1 is 1.43 bits per heavy atom. The van der Waals surface area contributed by atoms with E-state index in [1.54, 1.807) is 0 Å². The third kappa shape index (κ3) is 12.8. The van der Waals surface area contributed by atoms with Crippen LogP contribution in [0.5, 0.6) is 0 Å². The highest BCUT2D eigenvalue weighted by molar-refractivity contribution is 5.84. The van der Waals surface area contributed by atoms with Crippen LogP contribution in [0.2, 0.25) is 0 Å². The molecule has 0 spiro atoms. The number of hydrogen-bond acceptors (Lipinski definition) is 3. The predicted octanol–water partition coefficient (Wildman–Crippen LogP) is 1.55. The Morgan fingerprint density at radius 2 is 1.86 bits per heavy atom. The Bertz CT molecular complexity index is 229. The summed E-state index contributed by atoms with van der Waals surface area (Å²) in [7, 11) is 0. The van der Waals surface area contributed by atoms with Gasteiger partial charge in [0.2, 0.25) is 0 Å². The van der Waals surface area contributed by atoms with Gasteiger partial charge in [0.1, 0.15) is 6.61 Å². The number of carboxylic acid groups (broad SMARTS) is 1. The number of hydrogen-bond donors (Lipinski definition) is 1. The van der Waals surface area contributed by atoms with Crippen LogP contribution in [0.3, 0.4) is 0 Å². The quantitative estimate of drug-likeness (QED) is 0.423. The monoisotopic (exact) mass is 198 g/mol. The summed E-state index contributed by atoms with van der Waals surface area (Å²) >= 11 is 0. The average Bonchev–Trinajstić information content (AvgIpc) is 2.14.